The Morgan fingerprint density at radius 3 is 1.39 bits per heavy atom. The number of aromatic nitrogens is 6. The molecule has 8 nitrogen and oxygen atoms in total. The topological polar surface area (TPSA) is 43.1 Å². The number of nitrogens with zero attached hydrogens (tertiary/aromatic N) is 8. The molecule has 0 saturated carbocycles. The molecule has 57 heavy (non-hydrogen) atoms. The van der Waals surface area contributed by atoms with Gasteiger partial charge in [-0.05, 0) is 115 Å². The molecule has 7 rings (SSSR count). The zero-order chi connectivity index (χ0) is 40.4. The number of hydrogen-bond donors (Lipinski definition) is 0. The van der Waals surface area contributed by atoms with E-state index in [0.717, 1.165) is 50.6 Å². The van der Waals surface area contributed by atoms with Crippen LogP contribution in [0.3, 0.4) is 0 Å². The Morgan fingerprint density at radius 2 is 0.930 bits per heavy atom. The minimum atomic E-state index is 0.808. The number of imidazole rings is 3. The second-order valence-corrected chi connectivity index (χ2v) is 16.3. The minimum absolute atomic E-state index is 0.808. The van der Waals surface area contributed by atoms with Crippen LogP contribution in [0.2, 0.25) is 0 Å². The van der Waals surface area contributed by atoms with Crippen molar-refractivity contribution in [2.45, 2.75) is 88.9 Å². The van der Waals surface area contributed by atoms with E-state index in [1.54, 1.807) is 0 Å². The lowest BCUT2D eigenvalue weighted by atomic mass is 10.1. The van der Waals surface area contributed by atoms with E-state index < -0.39 is 0 Å². The Morgan fingerprint density at radius 1 is 0.491 bits per heavy atom. The predicted molar refractivity (Wildman–Crippen MR) is 231 cm³/mol. The highest BCUT2D eigenvalue weighted by atomic mass is 15.2. The minimum Gasteiger partial charge on any atom is -0.316 e. The van der Waals surface area contributed by atoms with Gasteiger partial charge in [-0.15, -0.1) is 0 Å². The Labute approximate surface area is 339 Å². The largest absolute Gasteiger partial charge is 0.316 e. The van der Waals surface area contributed by atoms with Crippen LogP contribution in [0, 0.1) is 69.2 Å². The van der Waals surface area contributed by atoms with Crippen molar-refractivity contribution in [1.82, 2.24) is 23.2 Å². The number of benzene rings is 4. The summed E-state index contributed by atoms with van der Waals surface area (Å²) < 4.78 is 13.8. The predicted octanol–water partition coefficient (Wildman–Crippen LogP) is 8.45. The van der Waals surface area contributed by atoms with Gasteiger partial charge < -0.3 is 4.57 Å². The monoisotopic (exact) mass is 760 g/mol. The molecule has 0 saturated heterocycles. The Bertz CT molecular complexity index is 2420. The maximum absolute atomic E-state index is 5.28. The van der Waals surface area contributed by atoms with Crippen molar-refractivity contribution in [2.24, 2.45) is 4.99 Å². The first-order valence-electron chi connectivity index (χ1n) is 20.3. The second-order valence-electron chi connectivity index (χ2n) is 16.3. The molecule has 0 bridgehead atoms. The van der Waals surface area contributed by atoms with E-state index in [9.17, 15) is 0 Å². The molecule has 0 aliphatic heterocycles. The average Bonchev–Trinajstić information content (AvgIpc) is 3.89. The van der Waals surface area contributed by atoms with Crippen molar-refractivity contribution < 1.29 is 9.13 Å². The van der Waals surface area contributed by atoms with Gasteiger partial charge in [0.15, 0.2) is 0 Å². The highest BCUT2D eigenvalue weighted by Gasteiger charge is 2.18. The van der Waals surface area contributed by atoms with E-state index in [2.05, 4.69) is 212 Å². The summed E-state index contributed by atoms with van der Waals surface area (Å²) in [6, 6.07) is 22.1. The quantitative estimate of drug-likeness (QED) is 0.109. The first-order valence-corrected chi connectivity index (χ1v) is 20.3. The molecular formula is C49H60N8+2. The average molecular weight is 761 g/mol. The Kier molecular flexibility index (Phi) is 11.6. The molecule has 0 fully saturated rings. The lowest BCUT2D eigenvalue weighted by Gasteiger charge is -2.21. The molecule has 0 atom stereocenters. The third kappa shape index (κ3) is 8.97. The fraction of sp³-hybridized carbons (Fsp3) is 0.327. The molecule has 0 aliphatic rings. The third-order valence-corrected chi connectivity index (χ3v) is 11.2. The zero-order valence-corrected chi connectivity index (χ0v) is 35.7. The van der Waals surface area contributed by atoms with Crippen molar-refractivity contribution in [3.05, 3.63) is 172 Å². The normalized spacial score (nSPS) is 12.0. The number of hydrogen-bond acceptors (Lipinski definition) is 2. The molecule has 0 radical (unpaired) electrons. The van der Waals surface area contributed by atoms with Crippen molar-refractivity contribution >= 4 is 5.69 Å². The molecule has 0 amide bonds. The SMILES string of the molecule is Cc1ccc(N=c2n(CCN(CC[n+]3ccn(-c4c(C)cc(C)cc4C)c3)CC[n+]3ccn(-c4c(C)cc(C)cc4C)c3)ccn2-c2c(C)cc(C)cc2C)cc1. The van der Waals surface area contributed by atoms with Gasteiger partial charge in [0.2, 0.25) is 18.3 Å². The van der Waals surface area contributed by atoms with Gasteiger partial charge in [0, 0.05) is 38.6 Å². The zero-order valence-electron chi connectivity index (χ0n) is 35.7. The van der Waals surface area contributed by atoms with Gasteiger partial charge in [-0.25, -0.2) is 23.3 Å². The molecule has 294 valence electrons. The van der Waals surface area contributed by atoms with E-state index in [1.165, 1.54) is 72.7 Å². The van der Waals surface area contributed by atoms with Crippen LogP contribution >= 0.6 is 0 Å². The van der Waals surface area contributed by atoms with Crippen LogP contribution in [-0.4, -0.2) is 42.8 Å². The van der Waals surface area contributed by atoms with Gasteiger partial charge in [0.1, 0.15) is 49.3 Å². The summed E-state index contributed by atoms with van der Waals surface area (Å²) in [6.45, 7) is 27.2. The van der Waals surface area contributed by atoms with Crippen LogP contribution in [0.15, 0.2) is 115 Å². The van der Waals surface area contributed by atoms with Crippen LogP contribution < -0.4 is 14.8 Å². The molecule has 3 aromatic heterocycles. The van der Waals surface area contributed by atoms with Crippen LogP contribution in [0.4, 0.5) is 5.69 Å². The van der Waals surface area contributed by atoms with E-state index in [-0.39, 0.29) is 0 Å². The standard InChI is InChI=1S/C49H60N8/c1-35-11-13-45(14-12-35)50-49-54(25-26-57(49)48-43(9)31-38(4)32-44(48)10)22-19-51(15-17-52-20-23-55(33-52)46-39(5)27-36(2)28-40(46)6)16-18-53-21-24-56(34-53)47-41(7)29-37(3)30-42(47)8/h11-14,20-21,23-34H,15-19,22H2,1-10H3/q+2. The second kappa shape index (κ2) is 16.8. The van der Waals surface area contributed by atoms with Crippen LogP contribution in [0.1, 0.15) is 55.6 Å². The lowest BCUT2D eigenvalue weighted by molar-refractivity contribution is -0.700. The Hall–Kier alpha value is -5.73. The molecule has 8 heteroatoms. The third-order valence-electron chi connectivity index (χ3n) is 11.2. The van der Waals surface area contributed by atoms with E-state index in [4.69, 9.17) is 4.99 Å². The maximum atomic E-state index is 5.28. The summed E-state index contributed by atoms with van der Waals surface area (Å²) >= 11 is 0. The maximum Gasteiger partial charge on any atom is 0.249 e. The summed E-state index contributed by atoms with van der Waals surface area (Å²) in [5.74, 6) is 0. The summed E-state index contributed by atoms with van der Waals surface area (Å²) in [7, 11) is 0. The fourth-order valence-electron chi connectivity index (χ4n) is 8.75. The summed E-state index contributed by atoms with van der Waals surface area (Å²) in [5, 5.41) is 0. The molecule has 4 aromatic carbocycles. The van der Waals surface area contributed by atoms with Crippen LogP contribution in [0.5, 0.6) is 0 Å². The van der Waals surface area contributed by atoms with Gasteiger partial charge in [0.05, 0.1) is 11.4 Å². The van der Waals surface area contributed by atoms with Gasteiger partial charge >= 0.3 is 0 Å². The van der Waals surface area contributed by atoms with Crippen molar-refractivity contribution in [3.8, 4) is 17.1 Å². The molecule has 0 unspecified atom stereocenters. The van der Waals surface area contributed by atoms with Gasteiger partial charge in [-0.3, -0.25) is 9.47 Å². The smallest absolute Gasteiger partial charge is 0.249 e. The van der Waals surface area contributed by atoms with Crippen LogP contribution in [0.25, 0.3) is 17.1 Å². The first kappa shape index (κ1) is 39.5. The van der Waals surface area contributed by atoms with Gasteiger partial charge in [0.25, 0.3) is 0 Å². The number of aryl methyl sites for hydroxylation is 10. The summed E-state index contributed by atoms with van der Waals surface area (Å²) in [6.07, 6.45) is 17.7. The van der Waals surface area contributed by atoms with Crippen molar-refractivity contribution in [1.29, 1.82) is 0 Å². The van der Waals surface area contributed by atoms with E-state index in [0.29, 0.717) is 0 Å². The summed E-state index contributed by atoms with van der Waals surface area (Å²) in [5.41, 5.74) is 18.4. The molecular weight excluding hydrogens is 701 g/mol. The molecule has 0 aliphatic carbocycles. The fourth-order valence-corrected chi connectivity index (χ4v) is 8.75. The summed E-state index contributed by atoms with van der Waals surface area (Å²) in [4.78, 5) is 7.88. The van der Waals surface area contributed by atoms with Crippen LogP contribution in [-0.2, 0) is 19.6 Å². The molecule has 3 heterocycles. The Balaban J connectivity index is 1.17. The first-order chi connectivity index (χ1) is 27.3. The van der Waals surface area contributed by atoms with Crippen molar-refractivity contribution in [2.75, 3.05) is 19.6 Å². The van der Waals surface area contributed by atoms with Gasteiger partial charge in [-0.2, -0.15) is 0 Å². The molecule has 7 aromatic rings. The number of rotatable bonds is 13. The molecule has 0 N–H and O–H groups in total. The lowest BCUT2D eigenvalue weighted by Crippen LogP contribution is -2.45. The van der Waals surface area contributed by atoms with E-state index in [1.807, 2.05) is 0 Å². The highest BCUT2D eigenvalue weighted by Crippen LogP contribution is 2.23. The van der Waals surface area contributed by atoms with Gasteiger partial charge in [-0.1, -0.05) is 70.8 Å². The van der Waals surface area contributed by atoms with Crippen molar-refractivity contribution in [3.63, 3.8) is 0 Å². The molecule has 0 spiro atoms. The van der Waals surface area contributed by atoms with E-state index >= 15 is 0 Å². The highest BCUT2D eigenvalue weighted by molar-refractivity contribution is 5.51.